The smallest absolute Gasteiger partial charge is 0.324 e. The van der Waals surface area contributed by atoms with E-state index in [4.69, 9.17) is 22.1 Å². The van der Waals surface area contributed by atoms with Crippen molar-refractivity contribution in [3.05, 3.63) is 82.6 Å². The zero-order valence-electron chi connectivity index (χ0n) is 23.7. The summed E-state index contributed by atoms with van der Waals surface area (Å²) in [5, 5.41) is 0.730. The molecule has 2 heterocycles. The zero-order valence-corrected chi connectivity index (χ0v) is 25.3. The molecule has 0 fully saturated rings. The summed E-state index contributed by atoms with van der Waals surface area (Å²) < 4.78 is 64.0. The van der Waals surface area contributed by atoms with E-state index in [2.05, 4.69) is 9.71 Å². The van der Waals surface area contributed by atoms with E-state index in [1.807, 2.05) is 13.8 Å². The van der Waals surface area contributed by atoms with Crippen LogP contribution in [-0.4, -0.2) is 41.5 Å². The fraction of sp³-hybridized carbons (Fsp3) is 0.300. The maximum absolute atomic E-state index is 15.6. The summed E-state index contributed by atoms with van der Waals surface area (Å²) in [7, 11) is -3.93. The number of halogens is 3. The number of sulfonamides is 1. The molecule has 0 saturated heterocycles. The van der Waals surface area contributed by atoms with Crippen LogP contribution in [0.5, 0.6) is 0 Å². The number of hydrogen-bond donors (Lipinski definition) is 2. The molecule has 4 aromatic rings. The van der Waals surface area contributed by atoms with Gasteiger partial charge in [0.2, 0.25) is 15.8 Å². The molecule has 3 N–H and O–H groups in total. The number of fused-ring (bicyclic) bond motifs is 1. The predicted molar refractivity (Wildman–Crippen MR) is 161 cm³/mol. The first-order chi connectivity index (χ1) is 20.4. The highest BCUT2D eigenvalue weighted by Crippen LogP contribution is 2.31. The number of nitrogens with zero attached hydrogens (tertiary/aromatic N) is 2. The van der Waals surface area contributed by atoms with E-state index >= 15 is 8.78 Å². The molecule has 228 valence electrons. The Bertz CT molecular complexity index is 1780. The molecule has 0 saturated carbocycles. The Balaban J connectivity index is 1.81. The second kappa shape index (κ2) is 13.2. The first kappa shape index (κ1) is 32.1. The van der Waals surface area contributed by atoms with E-state index in [-0.39, 0.29) is 41.4 Å². The normalized spacial score (nSPS) is 13.1. The predicted octanol–water partition coefficient (Wildman–Crippen LogP) is 5.89. The number of benzene rings is 2. The molecule has 4 rings (SSSR count). The minimum atomic E-state index is -3.93. The lowest BCUT2D eigenvalue weighted by atomic mass is 10.00. The Kier molecular flexibility index (Phi) is 9.83. The molecule has 0 amide bonds. The van der Waals surface area contributed by atoms with Crippen LogP contribution in [0.2, 0.25) is 5.02 Å². The third-order valence-corrected chi connectivity index (χ3v) is 8.80. The van der Waals surface area contributed by atoms with Crippen LogP contribution in [-0.2, 0) is 26.3 Å². The van der Waals surface area contributed by atoms with Crippen LogP contribution in [0.15, 0.2) is 54.9 Å². The number of nitrogens with one attached hydrogen (secondary N) is 1. The van der Waals surface area contributed by atoms with Gasteiger partial charge in [-0.3, -0.25) is 18.9 Å². The lowest BCUT2D eigenvalue weighted by Crippen LogP contribution is -2.38. The molecule has 1 unspecified atom stereocenters. The third kappa shape index (κ3) is 7.03. The number of aromatic nitrogens is 2. The first-order valence-electron chi connectivity index (χ1n) is 13.6. The molecule has 13 heteroatoms. The Morgan fingerprint density at radius 2 is 1.81 bits per heavy atom. The standard InChI is InChI=1S/C30H31ClF2N4O5S/c1-4-12-43(40,41)36-24-11-10-23(32)25(26(24)33)28(38)22-15-37(16-42-30(39)27(34)17(3)5-2)29-21(22)13-19(14-35-29)18-6-8-20(31)9-7-18/h6-11,13-15,17,27,36H,4-5,12,16,34H2,1-3H3/t17?,27-/m0/s1. The van der Waals surface area contributed by atoms with Gasteiger partial charge < -0.3 is 10.5 Å². The molecule has 2 atom stereocenters. The summed E-state index contributed by atoms with van der Waals surface area (Å²) in [6.07, 6.45) is 3.73. The summed E-state index contributed by atoms with van der Waals surface area (Å²) in [5.41, 5.74) is 5.81. The van der Waals surface area contributed by atoms with Crippen molar-refractivity contribution >= 4 is 50.1 Å². The van der Waals surface area contributed by atoms with Crippen LogP contribution in [0, 0.1) is 17.6 Å². The number of hydrogen-bond acceptors (Lipinski definition) is 7. The van der Waals surface area contributed by atoms with Gasteiger partial charge in [0, 0.05) is 28.4 Å². The van der Waals surface area contributed by atoms with Gasteiger partial charge in [0.15, 0.2) is 12.5 Å². The number of ketones is 1. The van der Waals surface area contributed by atoms with E-state index < -0.39 is 50.7 Å². The highest BCUT2D eigenvalue weighted by Gasteiger charge is 2.28. The van der Waals surface area contributed by atoms with Gasteiger partial charge >= 0.3 is 5.97 Å². The summed E-state index contributed by atoms with van der Waals surface area (Å²) in [4.78, 5) is 30.8. The summed E-state index contributed by atoms with van der Waals surface area (Å²) >= 11 is 6.02. The summed E-state index contributed by atoms with van der Waals surface area (Å²) in [6.45, 7) is 4.96. The molecular weight excluding hydrogens is 602 g/mol. The van der Waals surface area contributed by atoms with Crippen molar-refractivity contribution in [3.8, 4) is 11.1 Å². The number of pyridine rings is 1. The molecule has 0 aliphatic heterocycles. The van der Waals surface area contributed by atoms with Gasteiger partial charge in [-0.25, -0.2) is 22.2 Å². The van der Waals surface area contributed by atoms with Gasteiger partial charge in [-0.05, 0) is 48.2 Å². The fourth-order valence-corrected chi connectivity index (χ4v) is 5.69. The number of rotatable bonds is 12. The van der Waals surface area contributed by atoms with E-state index in [0.29, 0.717) is 22.6 Å². The summed E-state index contributed by atoms with van der Waals surface area (Å²) in [5.74, 6) is -4.70. The van der Waals surface area contributed by atoms with Gasteiger partial charge in [-0.1, -0.05) is 50.9 Å². The van der Waals surface area contributed by atoms with Crippen LogP contribution in [0.3, 0.4) is 0 Å². The summed E-state index contributed by atoms with van der Waals surface area (Å²) in [6, 6.07) is 9.31. The Hall–Kier alpha value is -3.87. The minimum absolute atomic E-state index is 0.140. The average Bonchev–Trinajstić information content (AvgIpc) is 3.34. The van der Waals surface area contributed by atoms with Gasteiger partial charge in [0.25, 0.3) is 0 Å². The van der Waals surface area contributed by atoms with Crippen molar-refractivity contribution in [3.63, 3.8) is 0 Å². The lowest BCUT2D eigenvalue weighted by Gasteiger charge is -2.17. The Morgan fingerprint density at radius 3 is 2.47 bits per heavy atom. The van der Waals surface area contributed by atoms with E-state index in [1.165, 1.54) is 17.0 Å². The maximum atomic E-state index is 15.6. The number of esters is 1. The molecule has 2 aromatic carbocycles. The monoisotopic (exact) mass is 632 g/mol. The van der Waals surface area contributed by atoms with Crippen molar-refractivity contribution in [2.24, 2.45) is 11.7 Å². The average molecular weight is 633 g/mol. The van der Waals surface area contributed by atoms with Crippen LogP contribution in [0.4, 0.5) is 14.5 Å². The second-order valence-electron chi connectivity index (χ2n) is 10.2. The van der Waals surface area contributed by atoms with Crippen LogP contribution < -0.4 is 10.5 Å². The zero-order chi connectivity index (χ0) is 31.5. The van der Waals surface area contributed by atoms with Gasteiger partial charge in [0.1, 0.15) is 17.5 Å². The number of nitrogens with two attached hydrogens (primary N) is 1. The topological polar surface area (TPSA) is 133 Å². The molecule has 2 aromatic heterocycles. The molecule has 0 aliphatic rings. The fourth-order valence-electron chi connectivity index (χ4n) is 4.43. The van der Waals surface area contributed by atoms with E-state index in [1.54, 1.807) is 37.3 Å². The number of ether oxygens (including phenoxy) is 1. The molecule has 0 spiro atoms. The first-order valence-corrected chi connectivity index (χ1v) is 15.6. The largest absolute Gasteiger partial charge is 0.443 e. The Labute approximate surface area is 253 Å². The highest BCUT2D eigenvalue weighted by molar-refractivity contribution is 7.92. The minimum Gasteiger partial charge on any atom is -0.443 e. The second-order valence-corrected chi connectivity index (χ2v) is 12.4. The van der Waals surface area contributed by atoms with Crippen LogP contribution >= 0.6 is 11.6 Å². The molecule has 0 aliphatic carbocycles. The van der Waals surface area contributed by atoms with Gasteiger partial charge in [-0.15, -0.1) is 0 Å². The van der Waals surface area contributed by atoms with Crippen molar-refractivity contribution in [2.75, 3.05) is 10.5 Å². The number of carbonyl (C=O) groups is 2. The van der Waals surface area contributed by atoms with Crippen LogP contribution in [0.1, 0.15) is 49.5 Å². The van der Waals surface area contributed by atoms with Crippen molar-refractivity contribution in [1.82, 2.24) is 9.55 Å². The molecule has 0 bridgehead atoms. The SMILES string of the molecule is CCCS(=O)(=O)Nc1ccc(F)c(C(=O)c2cn(COC(=O)[C@@H](N)C(C)CC)c3ncc(-c4ccc(Cl)cc4)cc23)c1F. The van der Waals surface area contributed by atoms with Crippen molar-refractivity contribution in [1.29, 1.82) is 0 Å². The lowest BCUT2D eigenvalue weighted by molar-refractivity contribution is -0.150. The van der Waals surface area contributed by atoms with Gasteiger partial charge in [0.05, 0.1) is 22.6 Å². The molecule has 0 radical (unpaired) electrons. The van der Waals surface area contributed by atoms with Crippen LogP contribution in [0.25, 0.3) is 22.2 Å². The van der Waals surface area contributed by atoms with Crippen molar-refractivity contribution in [2.45, 2.75) is 46.4 Å². The van der Waals surface area contributed by atoms with Gasteiger partial charge in [-0.2, -0.15) is 0 Å². The van der Waals surface area contributed by atoms with E-state index in [9.17, 15) is 18.0 Å². The molecule has 9 nitrogen and oxygen atoms in total. The van der Waals surface area contributed by atoms with Crippen molar-refractivity contribution < 1.29 is 31.5 Å². The molecule has 43 heavy (non-hydrogen) atoms. The molecular formula is C30H31ClF2N4O5S. The Morgan fingerprint density at radius 1 is 1.12 bits per heavy atom. The quantitative estimate of drug-likeness (QED) is 0.147. The maximum Gasteiger partial charge on any atom is 0.324 e. The third-order valence-electron chi connectivity index (χ3n) is 7.07. The highest BCUT2D eigenvalue weighted by atomic mass is 35.5. The van der Waals surface area contributed by atoms with E-state index in [0.717, 1.165) is 12.1 Å². The number of anilines is 1. The number of carbonyl (C=O) groups excluding carboxylic acids is 2.